The molecule has 2 N–H and O–H groups in total. The van der Waals surface area contributed by atoms with Crippen LogP contribution in [0.4, 0.5) is 4.39 Å². The number of hydrogen-bond donors (Lipinski definition) is 2. The van der Waals surface area contributed by atoms with Crippen molar-refractivity contribution in [2.75, 3.05) is 13.1 Å². The van der Waals surface area contributed by atoms with Crippen LogP contribution in [0.2, 0.25) is 0 Å². The van der Waals surface area contributed by atoms with Crippen molar-refractivity contribution in [1.82, 2.24) is 10.0 Å². The maximum Gasteiger partial charge on any atom is 0.241 e. The maximum absolute atomic E-state index is 13.4. The number of carbonyl (C=O) groups excluding carboxylic acids is 1. The van der Waals surface area contributed by atoms with Crippen LogP contribution in [0.15, 0.2) is 40.6 Å². The third-order valence-corrected chi connectivity index (χ3v) is 7.75. The Labute approximate surface area is 163 Å². The van der Waals surface area contributed by atoms with Crippen LogP contribution >= 0.6 is 11.3 Å². The molecule has 0 bridgehead atoms. The first-order valence-electron chi connectivity index (χ1n) is 8.89. The van der Waals surface area contributed by atoms with Gasteiger partial charge in [0.2, 0.25) is 15.9 Å². The number of aryl methyl sites for hydroxylation is 1. The SMILES string of the molecule is Cc1ccc(F)cc1S(=O)(=O)NCC(=O)NCC1(c2cccs2)CCCC1. The molecular weight excluding hydrogens is 387 g/mol. The Morgan fingerprint density at radius 1 is 1.26 bits per heavy atom. The van der Waals surface area contributed by atoms with Crippen molar-refractivity contribution in [3.63, 3.8) is 0 Å². The summed E-state index contributed by atoms with van der Waals surface area (Å²) in [4.78, 5) is 13.3. The van der Waals surface area contributed by atoms with Crippen molar-refractivity contribution in [1.29, 1.82) is 0 Å². The van der Waals surface area contributed by atoms with Gasteiger partial charge in [-0.05, 0) is 48.9 Å². The van der Waals surface area contributed by atoms with Gasteiger partial charge < -0.3 is 5.32 Å². The lowest BCUT2D eigenvalue weighted by atomic mass is 9.84. The van der Waals surface area contributed by atoms with Crippen molar-refractivity contribution in [3.8, 4) is 0 Å². The van der Waals surface area contributed by atoms with Crippen LogP contribution in [-0.4, -0.2) is 27.4 Å². The Morgan fingerprint density at radius 2 is 2.00 bits per heavy atom. The second kappa shape index (κ2) is 8.08. The minimum Gasteiger partial charge on any atom is -0.354 e. The topological polar surface area (TPSA) is 75.3 Å². The second-order valence-corrected chi connectivity index (χ2v) is 9.66. The van der Waals surface area contributed by atoms with Gasteiger partial charge in [-0.15, -0.1) is 11.3 Å². The number of hydrogen-bond acceptors (Lipinski definition) is 4. The highest BCUT2D eigenvalue weighted by atomic mass is 32.2. The van der Waals surface area contributed by atoms with Crippen molar-refractivity contribution in [2.24, 2.45) is 0 Å². The van der Waals surface area contributed by atoms with Gasteiger partial charge in [-0.3, -0.25) is 4.79 Å². The van der Waals surface area contributed by atoms with Gasteiger partial charge >= 0.3 is 0 Å². The highest BCUT2D eigenvalue weighted by molar-refractivity contribution is 7.89. The van der Waals surface area contributed by atoms with Crippen LogP contribution in [0, 0.1) is 12.7 Å². The van der Waals surface area contributed by atoms with E-state index in [1.165, 1.54) is 17.0 Å². The number of thiophene rings is 1. The minimum absolute atomic E-state index is 0.0537. The number of rotatable bonds is 7. The Kier molecular flexibility index (Phi) is 5.98. The highest BCUT2D eigenvalue weighted by Crippen LogP contribution is 2.42. The number of halogens is 1. The molecule has 0 spiro atoms. The van der Waals surface area contributed by atoms with E-state index in [4.69, 9.17) is 0 Å². The molecule has 1 fully saturated rings. The molecule has 0 aliphatic heterocycles. The van der Waals surface area contributed by atoms with Gasteiger partial charge in [0.15, 0.2) is 0 Å². The lowest BCUT2D eigenvalue weighted by Crippen LogP contribution is -2.43. The average molecular weight is 411 g/mol. The summed E-state index contributed by atoms with van der Waals surface area (Å²) in [6.45, 7) is 1.70. The van der Waals surface area contributed by atoms with E-state index in [2.05, 4.69) is 16.1 Å². The fourth-order valence-corrected chi connectivity index (χ4v) is 5.80. The predicted molar refractivity (Wildman–Crippen MR) is 104 cm³/mol. The molecule has 0 radical (unpaired) electrons. The van der Waals surface area contributed by atoms with E-state index >= 15 is 0 Å². The molecule has 3 rings (SSSR count). The first-order chi connectivity index (χ1) is 12.8. The minimum atomic E-state index is -3.95. The molecule has 27 heavy (non-hydrogen) atoms. The summed E-state index contributed by atoms with van der Waals surface area (Å²) >= 11 is 1.69. The summed E-state index contributed by atoms with van der Waals surface area (Å²) in [7, 11) is -3.95. The largest absolute Gasteiger partial charge is 0.354 e. The summed E-state index contributed by atoms with van der Waals surface area (Å²) in [6.07, 6.45) is 4.28. The monoisotopic (exact) mass is 410 g/mol. The third-order valence-electron chi connectivity index (χ3n) is 5.09. The molecule has 0 unspecified atom stereocenters. The van der Waals surface area contributed by atoms with Gasteiger partial charge in [0.25, 0.3) is 0 Å². The Bertz CT molecular complexity index is 905. The number of amides is 1. The van der Waals surface area contributed by atoms with E-state index < -0.39 is 21.7 Å². The third kappa shape index (κ3) is 4.56. The molecule has 1 aliphatic carbocycles. The molecule has 1 saturated carbocycles. The lowest BCUT2D eigenvalue weighted by molar-refractivity contribution is -0.120. The average Bonchev–Trinajstić information content (AvgIpc) is 3.32. The zero-order chi connectivity index (χ0) is 19.5. The highest BCUT2D eigenvalue weighted by Gasteiger charge is 2.36. The Morgan fingerprint density at radius 3 is 2.67 bits per heavy atom. The fourth-order valence-electron chi connectivity index (χ4n) is 3.57. The van der Waals surface area contributed by atoms with Gasteiger partial charge in [0.05, 0.1) is 11.4 Å². The maximum atomic E-state index is 13.4. The zero-order valence-electron chi connectivity index (χ0n) is 15.1. The van der Waals surface area contributed by atoms with Crippen LogP contribution < -0.4 is 10.0 Å². The molecule has 2 aromatic rings. The molecular formula is C19H23FN2O3S2. The van der Waals surface area contributed by atoms with Crippen molar-refractivity contribution in [2.45, 2.75) is 42.9 Å². The quantitative estimate of drug-likeness (QED) is 0.737. The van der Waals surface area contributed by atoms with Crippen LogP contribution in [0.3, 0.4) is 0 Å². The molecule has 1 heterocycles. The number of sulfonamides is 1. The predicted octanol–water partition coefficient (Wildman–Crippen LogP) is 3.10. The lowest BCUT2D eigenvalue weighted by Gasteiger charge is -2.28. The summed E-state index contributed by atoms with van der Waals surface area (Å²) in [5, 5.41) is 4.90. The van der Waals surface area contributed by atoms with E-state index in [0.717, 1.165) is 31.7 Å². The van der Waals surface area contributed by atoms with Crippen molar-refractivity contribution in [3.05, 3.63) is 52.0 Å². The molecule has 5 nitrogen and oxygen atoms in total. The van der Waals surface area contributed by atoms with Crippen LogP contribution in [0.1, 0.15) is 36.1 Å². The van der Waals surface area contributed by atoms with Gasteiger partial charge in [0.1, 0.15) is 5.82 Å². The molecule has 8 heteroatoms. The van der Waals surface area contributed by atoms with Crippen molar-refractivity contribution >= 4 is 27.3 Å². The van der Waals surface area contributed by atoms with E-state index in [1.54, 1.807) is 18.3 Å². The van der Waals surface area contributed by atoms with Crippen molar-refractivity contribution < 1.29 is 17.6 Å². The molecule has 0 atom stereocenters. The molecule has 1 amide bonds. The fraction of sp³-hybridized carbons (Fsp3) is 0.421. The number of carbonyl (C=O) groups is 1. The summed E-state index contributed by atoms with van der Waals surface area (Å²) in [5.41, 5.74) is 0.369. The summed E-state index contributed by atoms with van der Waals surface area (Å²) in [5.74, 6) is -1.03. The molecule has 146 valence electrons. The van der Waals surface area contributed by atoms with E-state index in [0.29, 0.717) is 12.1 Å². The molecule has 1 aliphatic rings. The summed E-state index contributed by atoms with van der Waals surface area (Å²) < 4.78 is 40.4. The molecule has 0 saturated heterocycles. The number of nitrogens with one attached hydrogen (secondary N) is 2. The molecule has 1 aromatic heterocycles. The Balaban J connectivity index is 1.60. The first kappa shape index (κ1) is 20.0. The smallest absolute Gasteiger partial charge is 0.241 e. The van der Waals surface area contributed by atoms with E-state index in [-0.39, 0.29) is 16.9 Å². The van der Waals surface area contributed by atoms with Gasteiger partial charge in [-0.25, -0.2) is 17.5 Å². The second-order valence-electron chi connectivity index (χ2n) is 6.98. The first-order valence-corrected chi connectivity index (χ1v) is 11.3. The summed E-state index contributed by atoms with van der Waals surface area (Å²) in [6, 6.07) is 7.66. The number of benzene rings is 1. The van der Waals surface area contributed by atoms with Crippen LogP contribution in [0.25, 0.3) is 0 Å². The zero-order valence-corrected chi connectivity index (χ0v) is 16.8. The van der Waals surface area contributed by atoms with Crippen LogP contribution in [-0.2, 0) is 20.2 Å². The van der Waals surface area contributed by atoms with Crippen LogP contribution in [0.5, 0.6) is 0 Å². The molecule has 1 aromatic carbocycles. The Hall–Kier alpha value is -1.77. The standard InChI is InChI=1S/C19H23FN2O3S2/c1-14-6-7-15(20)11-16(14)27(24,25)22-12-18(23)21-13-19(8-2-3-9-19)17-5-4-10-26-17/h4-7,10-11,22H,2-3,8-9,12-13H2,1H3,(H,21,23). The van der Waals surface area contributed by atoms with Gasteiger partial charge in [-0.1, -0.05) is 25.0 Å². The van der Waals surface area contributed by atoms with Gasteiger partial charge in [-0.2, -0.15) is 0 Å². The van der Waals surface area contributed by atoms with E-state index in [9.17, 15) is 17.6 Å². The van der Waals surface area contributed by atoms with Gasteiger partial charge in [0, 0.05) is 16.8 Å². The normalized spacial score (nSPS) is 16.4. The van der Waals surface area contributed by atoms with E-state index in [1.807, 2.05) is 11.4 Å².